The van der Waals surface area contributed by atoms with Crippen molar-refractivity contribution < 1.29 is 22.7 Å². The molecule has 9 heteroatoms. The minimum Gasteiger partial charge on any atom is -0.455 e. The first-order chi connectivity index (χ1) is 14.7. The van der Waals surface area contributed by atoms with Crippen molar-refractivity contribution in [2.24, 2.45) is 5.92 Å². The third-order valence-corrected chi connectivity index (χ3v) is 7.54. The average molecular weight is 465 g/mol. The summed E-state index contributed by atoms with van der Waals surface area (Å²) < 4.78 is 32.0. The fourth-order valence-corrected chi connectivity index (χ4v) is 4.95. The number of anilines is 1. The van der Waals surface area contributed by atoms with E-state index in [2.05, 4.69) is 5.32 Å². The Kier molecular flexibility index (Phi) is 7.35. The Morgan fingerprint density at radius 1 is 1.06 bits per heavy atom. The van der Waals surface area contributed by atoms with Gasteiger partial charge in [0, 0.05) is 23.8 Å². The topological polar surface area (TPSA) is 92.8 Å². The molecule has 0 aromatic heterocycles. The van der Waals surface area contributed by atoms with Gasteiger partial charge in [-0.1, -0.05) is 17.7 Å². The van der Waals surface area contributed by atoms with Crippen molar-refractivity contribution in [1.29, 1.82) is 0 Å². The molecule has 7 nitrogen and oxygen atoms in total. The molecule has 1 amide bonds. The lowest BCUT2D eigenvalue weighted by Gasteiger charge is -2.30. The molecular formula is C22H25ClN2O5S. The summed E-state index contributed by atoms with van der Waals surface area (Å²) in [6, 6.07) is 11.5. The van der Waals surface area contributed by atoms with E-state index >= 15 is 0 Å². The van der Waals surface area contributed by atoms with Crippen LogP contribution in [0.4, 0.5) is 5.69 Å². The summed E-state index contributed by atoms with van der Waals surface area (Å²) >= 11 is 5.82. The van der Waals surface area contributed by atoms with Gasteiger partial charge in [-0.2, -0.15) is 4.31 Å². The number of ether oxygens (including phenoxy) is 1. The highest BCUT2D eigenvalue weighted by Gasteiger charge is 2.33. The van der Waals surface area contributed by atoms with Crippen LogP contribution in [0.3, 0.4) is 0 Å². The highest BCUT2D eigenvalue weighted by molar-refractivity contribution is 7.89. The minimum absolute atomic E-state index is 0.168. The third-order valence-electron chi connectivity index (χ3n) is 5.37. The Morgan fingerprint density at radius 2 is 1.71 bits per heavy atom. The Labute approximate surface area is 187 Å². The molecule has 0 radical (unpaired) electrons. The lowest BCUT2D eigenvalue weighted by Crippen LogP contribution is -2.40. The number of carbonyl (C=O) groups is 2. The maximum Gasteiger partial charge on any atom is 0.309 e. The number of halogens is 1. The van der Waals surface area contributed by atoms with Crippen LogP contribution in [0.1, 0.15) is 24.0 Å². The summed E-state index contributed by atoms with van der Waals surface area (Å²) in [4.78, 5) is 24.6. The molecule has 1 aliphatic heterocycles. The van der Waals surface area contributed by atoms with Gasteiger partial charge in [-0.15, -0.1) is 0 Å². The van der Waals surface area contributed by atoms with Gasteiger partial charge in [0.15, 0.2) is 6.61 Å². The number of esters is 1. The molecule has 0 atom stereocenters. The summed E-state index contributed by atoms with van der Waals surface area (Å²) in [6.07, 6.45) is 0.675. The van der Waals surface area contributed by atoms with Gasteiger partial charge in [0.25, 0.3) is 5.91 Å². The van der Waals surface area contributed by atoms with Crippen LogP contribution in [0.15, 0.2) is 47.4 Å². The van der Waals surface area contributed by atoms with E-state index in [-0.39, 0.29) is 24.6 Å². The summed E-state index contributed by atoms with van der Waals surface area (Å²) in [5.41, 5.74) is 2.81. The summed E-state index contributed by atoms with van der Waals surface area (Å²) in [5, 5.41) is 3.16. The Hall–Kier alpha value is -2.42. The van der Waals surface area contributed by atoms with Crippen LogP contribution < -0.4 is 5.32 Å². The molecule has 1 heterocycles. The predicted molar refractivity (Wildman–Crippen MR) is 118 cm³/mol. The molecule has 166 valence electrons. The molecule has 1 aliphatic rings. The molecule has 2 aromatic carbocycles. The van der Waals surface area contributed by atoms with Crippen molar-refractivity contribution in [2.75, 3.05) is 25.0 Å². The van der Waals surface area contributed by atoms with E-state index in [0.29, 0.717) is 23.6 Å². The monoisotopic (exact) mass is 464 g/mol. The molecule has 1 fully saturated rings. The standard InChI is InChI=1S/C22H25ClN2O5S/c1-15-3-6-19(13-16(15)2)24-21(26)14-30-22(27)17-9-11-25(12-10-17)31(28,29)20-7-4-18(23)5-8-20/h3-8,13,17H,9-12,14H2,1-2H3,(H,24,26). The van der Waals surface area contributed by atoms with Crippen LogP contribution in [-0.4, -0.2) is 44.3 Å². The fraction of sp³-hybridized carbons (Fsp3) is 0.364. The van der Waals surface area contributed by atoms with E-state index in [0.717, 1.165) is 11.1 Å². The van der Waals surface area contributed by atoms with E-state index < -0.39 is 27.8 Å². The van der Waals surface area contributed by atoms with E-state index in [4.69, 9.17) is 16.3 Å². The molecular weight excluding hydrogens is 440 g/mol. The van der Waals surface area contributed by atoms with Crippen LogP contribution in [0.25, 0.3) is 0 Å². The van der Waals surface area contributed by atoms with Gasteiger partial charge in [-0.05, 0) is 74.2 Å². The lowest BCUT2D eigenvalue weighted by atomic mass is 9.98. The first kappa shape index (κ1) is 23.2. The number of nitrogens with zero attached hydrogens (tertiary/aromatic N) is 1. The zero-order chi connectivity index (χ0) is 22.6. The second-order valence-electron chi connectivity index (χ2n) is 7.59. The maximum atomic E-state index is 12.7. The number of sulfonamides is 1. The van der Waals surface area contributed by atoms with Crippen molar-refractivity contribution >= 4 is 39.2 Å². The molecule has 0 aliphatic carbocycles. The number of hydrogen-bond acceptors (Lipinski definition) is 5. The normalized spacial score (nSPS) is 15.5. The molecule has 0 saturated carbocycles. The second kappa shape index (κ2) is 9.80. The average Bonchev–Trinajstić information content (AvgIpc) is 2.75. The number of amides is 1. The minimum atomic E-state index is -3.64. The summed E-state index contributed by atoms with van der Waals surface area (Å²) in [5.74, 6) is -1.34. The van der Waals surface area contributed by atoms with Gasteiger partial charge < -0.3 is 10.1 Å². The molecule has 0 bridgehead atoms. The van der Waals surface area contributed by atoms with Crippen LogP contribution >= 0.6 is 11.6 Å². The van der Waals surface area contributed by atoms with Gasteiger partial charge in [0.2, 0.25) is 10.0 Å². The first-order valence-electron chi connectivity index (χ1n) is 9.96. The van der Waals surface area contributed by atoms with Crippen molar-refractivity contribution in [1.82, 2.24) is 4.31 Å². The third kappa shape index (κ3) is 5.84. The van der Waals surface area contributed by atoms with Crippen molar-refractivity contribution in [3.63, 3.8) is 0 Å². The van der Waals surface area contributed by atoms with E-state index in [1.807, 2.05) is 26.0 Å². The molecule has 1 N–H and O–H groups in total. The fourth-order valence-electron chi connectivity index (χ4n) is 3.36. The molecule has 3 rings (SSSR count). The summed E-state index contributed by atoms with van der Waals surface area (Å²) in [6.45, 7) is 3.97. The first-order valence-corrected chi connectivity index (χ1v) is 11.8. The smallest absolute Gasteiger partial charge is 0.309 e. The van der Waals surface area contributed by atoms with Gasteiger partial charge in [-0.25, -0.2) is 8.42 Å². The van der Waals surface area contributed by atoms with Crippen molar-refractivity contribution in [3.05, 3.63) is 58.6 Å². The summed E-state index contributed by atoms with van der Waals surface area (Å²) in [7, 11) is -3.64. The number of rotatable bonds is 6. The lowest BCUT2D eigenvalue weighted by molar-refractivity contribution is -0.152. The zero-order valence-electron chi connectivity index (χ0n) is 17.4. The number of aryl methyl sites for hydroxylation is 2. The highest BCUT2D eigenvalue weighted by Crippen LogP contribution is 2.25. The molecule has 0 unspecified atom stereocenters. The molecule has 2 aromatic rings. The molecule has 1 saturated heterocycles. The van der Waals surface area contributed by atoms with Crippen LogP contribution in [0.5, 0.6) is 0 Å². The SMILES string of the molecule is Cc1ccc(NC(=O)COC(=O)C2CCN(S(=O)(=O)c3ccc(Cl)cc3)CC2)cc1C. The predicted octanol–water partition coefficient (Wildman–Crippen LogP) is 3.54. The van der Waals surface area contributed by atoms with Crippen LogP contribution in [0, 0.1) is 19.8 Å². The number of nitrogens with one attached hydrogen (secondary N) is 1. The Morgan fingerprint density at radius 3 is 2.32 bits per heavy atom. The Bertz CT molecular complexity index is 1060. The van der Waals surface area contributed by atoms with Crippen LogP contribution in [0.2, 0.25) is 5.02 Å². The highest BCUT2D eigenvalue weighted by atomic mass is 35.5. The molecule has 0 spiro atoms. The maximum absolute atomic E-state index is 12.7. The van der Waals surface area contributed by atoms with E-state index in [1.165, 1.54) is 28.6 Å². The Balaban J connectivity index is 1.48. The number of hydrogen-bond donors (Lipinski definition) is 1. The zero-order valence-corrected chi connectivity index (χ0v) is 19.0. The van der Waals surface area contributed by atoms with Gasteiger partial charge in [0.1, 0.15) is 0 Å². The number of piperidine rings is 1. The van der Waals surface area contributed by atoms with Crippen molar-refractivity contribution in [3.8, 4) is 0 Å². The largest absolute Gasteiger partial charge is 0.455 e. The number of benzene rings is 2. The van der Waals surface area contributed by atoms with Gasteiger partial charge in [0.05, 0.1) is 10.8 Å². The quantitative estimate of drug-likeness (QED) is 0.660. The van der Waals surface area contributed by atoms with E-state index in [1.54, 1.807) is 6.07 Å². The van der Waals surface area contributed by atoms with Gasteiger partial charge >= 0.3 is 5.97 Å². The van der Waals surface area contributed by atoms with Crippen LogP contribution in [-0.2, 0) is 24.3 Å². The second-order valence-corrected chi connectivity index (χ2v) is 9.96. The van der Waals surface area contributed by atoms with Crippen molar-refractivity contribution in [2.45, 2.75) is 31.6 Å². The number of carbonyl (C=O) groups excluding carboxylic acids is 2. The van der Waals surface area contributed by atoms with Gasteiger partial charge in [-0.3, -0.25) is 9.59 Å². The van der Waals surface area contributed by atoms with E-state index in [9.17, 15) is 18.0 Å². The molecule has 31 heavy (non-hydrogen) atoms.